The van der Waals surface area contributed by atoms with Gasteiger partial charge in [0.2, 0.25) is 0 Å². The minimum Gasteiger partial charge on any atom is -0.380 e. The Morgan fingerprint density at radius 1 is 1.38 bits per heavy atom. The molecule has 0 spiro atoms. The topological polar surface area (TPSA) is 21.3 Å². The van der Waals surface area contributed by atoms with Crippen LogP contribution in [0.1, 0.15) is 25.5 Å². The lowest BCUT2D eigenvalue weighted by atomic mass is 10.1. The molecule has 0 saturated carbocycles. The predicted octanol–water partition coefficient (Wildman–Crippen LogP) is 3.90. The predicted molar refractivity (Wildman–Crippen MR) is 74.8 cm³/mol. The summed E-state index contributed by atoms with van der Waals surface area (Å²) in [6.07, 6.45) is 0. The van der Waals surface area contributed by atoms with Gasteiger partial charge in [0.15, 0.2) is 0 Å². The average molecular weight is 351 g/mol. The molecule has 0 amide bonds. The van der Waals surface area contributed by atoms with E-state index in [9.17, 15) is 0 Å². The maximum Gasteiger partial charge on any atom is 0.0590 e. The average Bonchev–Trinajstić information content (AvgIpc) is 2.24. The van der Waals surface area contributed by atoms with Crippen molar-refractivity contribution < 1.29 is 4.74 Å². The first-order valence-electron chi connectivity index (χ1n) is 5.41. The van der Waals surface area contributed by atoms with Crippen molar-refractivity contribution in [1.82, 2.24) is 5.32 Å². The van der Waals surface area contributed by atoms with Gasteiger partial charge in [-0.2, -0.15) is 0 Å². The van der Waals surface area contributed by atoms with E-state index in [2.05, 4.69) is 62.3 Å². The van der Waals surface area contributed by atoms with Crippen LogP contribution >= 0.6 is 31.9 Å². The number of nitrogens with one attached hydrogen (secondary N) is 1. The van der Waals surface area contributed by atoms with Crippen molar-refractivity contribution in [3.05, 3.63) is 32.7 Å². The summed E-state index contributed by atoms with van der Waals surface area (Å²) in [5, 5.41) is 3.42. The zero-order valence-corrected chi connectivity index (χ0v) is 12.8. The maximum absolute atomic E-state index is 5.29. The molecule has 16 heavy (non-hydrogen) atoms. The van der Waals surface area contributed by atoms with Crippen molar-refractivity contribution in [3.63, 3.8) is 0 Å². The molecule has 0 aromatic heterocycles. The van der Waals surface area contributed by atoms with E-state index in [1.807, 2.05) is 6.92 Å². The minimum atomic E-state index is 0.322. The third-order valence-electron chi connectivity index (χ3n) is 2.33. The number of rotatable bonds is 6. The molecule has 0 fully saturated rings. The Kier molecular flexibility index (Phi) is 6.58. The standard InChI is InChI=1S/C12H17Br2NO/c1-3-16-7-6-15-9(2)11-5-4-10(13)8-12(11)14/h4-5,8-9,15H,3,6-7H2,1-2H3. The van der Waals surface area contributed by atoms with E-state index >= 15 is 0 Å². The summed E-state index contributed by atoms with van der Waals surface area (Å²) in [7, 11) is 0. The van der Waals surface area contributed by atoms with E-state index in [-0.39, 0.29) is 0 Å². The van der Waals surface area contributed by atoms with Gasteiger partial charge in [-0.1, -0.05) is 37.9 Å². The summed E-state index contributed by atoms with van der Waals surface area (Å²) in [5.74, 6) is 0. The second-order valence-corrected chi connectivity index (χ2v) is 5.31. The zero-order chi connectivity index (χ0) is 12.0. The van der Waals surface area contributed by atoms with Crippen molar-refractivity contribution >= 4 is 31.9 Å². The Hall–Kier alpha value is 0.1000. The van der Waals surface area contributed by atoms with E-state index in [4.69, 9.17) is 4.74 Å². The van der Waals surface area contributed by atoms with Crippen LogP contribution in [-0.4, -0.2) is 19.8 Å². The van der Waals surface area contributed by atoms with Crippen LogP contribution in [0.15, 0.2) is 27.1 Å². The van der Waals surface area contributed by atoms with Gasteiger partial charge in [-0.15, -0.1) is 0 Å². The summed E-state index contributed by atoms with van der Waals surface area (Å²) in [4.78, 5) is 0. The Morgan fingerprint density at radius 2 is 2.12 bits per heavy atom. The van der Waals surface area contributed by atoms with E-state index in [1.165, 1.54) is 5.56 Å². The largest absolute Gasteiger partial charge is 0.380 e. The van der Waals surface area contributed by atoms with Gasteiger partial charge in [-0.25, -0.2) is 0 Å². The first-order chi connectivity index (χ1) is 7.65. The molecular formula is C12H17Br2NO. The molecule has 0 heterocycles. The highest BCUT2D eigenvalue weighted by Gasteiger charge is 2.08. The van der Waals surface area contributed by atoms with Crippen LogP contribution in [0.3, 0.4) is 0 Å². The summed E-state index contributed by atoms with van der Waals surface area (Å²) in [5.41, 5.74) is 1.26. The molecule has 0 aliphatic heterocycles. The van der Waals surface area contributed by atoms with Crippen LogP contribution in [0.4, 0.5) is 0 Å². The molecule has 1 aromatic carbocycles. The molecule has 0 aliphatic rings. The van der Waals surface area contributed by atoms with E-state index in [0.717, 1.165) is 28.7 Å². The molecule has 0 aliphatic carbocycles. The smallest absolute Gasteiger partial charge is 0.0590 e. The molecule has 1 aromatic rings. The summed E-state index contributed by atoms with van der Waals surface area (Å²) < 4.78 is 7.50. The molecule has 0 radical (unpaired) electrons. The third-order valence-corrected chi connectivity index (χ3v) is 3.51. The van der Waals surface area contributed by atoms with Crippen molar-refractivity contribution in [2.24, 2.45) is 0 Å². The summed E-state index contributed by atoms with van der Waals surface area (Å²) in [6, 6.07) is 6.56. The normalized spacial score (nSPS) is 12.8. The first-order valence-corrected chi connectivity index (χ1v) is 6.99. The van der Waals surface area contributed by atoms with Gasteiger partial charge < -0.3 is 10.1 Å². The number of hydrogen-bond donors (Lipinski definition) is 1. The van der Waals surface area contributed by atoms with E-state index in [1.54, 1.807) is 0 Å². The van der Waals surface area contributed by atoms with Gasteiger partial charge in [0.1, 0.15) is 0 Å². The second kappa shape index (κ2) is 7.43. The van der Waals surface area contributed by atoms with Crippen LogP contribution in [0.25, 0.3) is 0 Å². The fraction of sp³-hybridized carbons (Fsp3) is 0.500. The van der Waals surface area contributed by atoms with Crippen molar-refractivity contribution in [1.29, 1.82) is 0 Å². The Bertz CT molecular complexity index is 331. The molecule has 1 unspecified atom stereocenters. The lowest BCUT2D eigenvalue weighted by Gasteiger charge is -2.16. The lowest BCUT2D eigenvalue weighted by Crippen LogP contribution is -2.23. The first kappa shape index (κ1) is 14.2. The van der Waals surface area contributed by atoms with E-state index in [0.29, 0.717) is 6.04 Å². The molecule has 4 heteroatoms. The summed E-state index contributed by atoms with van der Waals surface area (Å²) in [6.45, 7) is 6.57. The van der Waals surface area contributed by atoms with Crippen LogP contribution in [0, 0.1) is 0 Å². The Morgan fingerprint density at radius 3 is 2.75 bits per heavy atom. The van der Waals surface area contributed by atoms with Gasteiger partial charge in [0, 0.05) is 28.1 Å². The van der Waals surface area contributed by atoms with Crippen LogP contribution in [-0.2, 0) is 4.74 Å². The highest BCUT2D eigenvalue weighted by Crippen LogP contribution is 2.26. The lowest BCUT2D eigenvalue weighted by molar-refractivity contribution is 0.147. The number of ether oxygens (including phenoxy) is 1. The maximum atomic E-state index is 5.29. The zero-order valence-electron chi connectivity index (χ0n) is 9.59. The number of hydrogen-bond acceptors (Lipinski definition) is 2. The Labute approximate surface area is 114 Å². The molecule has 2 nitrogen and oxygen atoms in total. The fourth-order valence-electron chi connectivity index (χ4n) is 1.45. The monoisotopic (exact) mass is 349 g/mol. The van der Waals surface area contributed by atoms with Crippen molar-refractivity contribution in [3.8, 4) is 0 Å². The number of halogens is 2. The molecule has 90 valence electrons. The molecule has 1 N–H and O–H groups in total. The minimum absolute atomic E-state index is 0.322. The van der Waals surface area contributed by atoms with Crippen LogP contribution in [0.2, 0.25) is 0 Å². The molecule has 1 rings (SSSR count). The van der Waals surface area contributed by atoms with E-state index < -0.39 is 0 Å². The quantitative estimate of drug-likeness (QED) is 0.785. The van der Waals surface area contributed by atoms with Crippen molar-refractivity contribution in [2.75, 3.05) is 19.8 Å². The number of benzene rings is 1. The van der Waals surface area contributed by atoms with Crippen LogP contribution in [0.5, 0.6) is 0 Å². The molecule has 0 bridgehead atoms. The van der Waals surface area contributed by atoms with Gasteiger partial charge in [0.25, 0.3) is 0 Å². The molecule has 1 atom stereocenters. The highest BCUT2D eigenvalue weighted by molar-refractivity contribution is 9.11. The molecular weight excluding hydrogens is 334 g/mol. The SMILES string of the molecule is CCOCCNC(C)c1ccc(Br)cc1Br. The Balaban J connectivity index is 2.49. The van der Waals surface area contributed by atoms with Gasteiger partial charge >= 0.3 is 0 Å². The van der Waals surface area contributed by atoms with Gasteiger partial charge in [-0.3, -0.25) is 0 Å². The third kappa shape index (κ3) is 4.53. The van der Waals surface area contributed by atoms with Crippen molar-refractivity contribution in [2.45, 2.75) is 19.9 Å². The van der Waals surface area contributed by atoms with Gasteiger partial charge in [0.05, 0.1) is 6.61 Å². The molecule has 0 saturated heterocycles. The second-order valence-electron chi connectivity index (χ2n) is 3.54. The highest BCUT2D eigenvalue weighted by atomic mass is 79.9. The van der Waals surface area contributed by atoms with Gasteiger partial charge in [-0.05, 0) is 31.5 Å². The summed E-state index contributed by atoms with van der Waals surface area (Å²) >= 11 is 7.02. The fourth-order valence-corrected chi connectivity index (χ4v) is 2.85. The van der Waals surface area contributed by atoms with Crippen LogP contribution < -0.4 is 5.32 Å².